The Hall–Kier alpha value is -2.42. The lowest BCUT2D eigenvalue weighted by Crippen LogP contribution is -2.42. The van der Waals surface area contributed by atoms with Gasteiger partial charge in [-0.05, 0) is 49.4 Å². The van der Waals surface area contributed by atoms with Crippen molar-refractivity contribution in [3.05, 3.63) is 53.1 Å². The second-order valence-corrected chi connectivity index (χ2v) is 8.03. The van der Waals surface area contributed by atoms with Crippen molar-refractivity contribution in [1.29, 1.82) is 0 Å². The Bertz CT molecular complexity index is 1050. The standard InChI is InChI=1S/C22H22ClF3N4O/c1-14(13-30-8-10-31-11-9-30)27-21-18-7-4-16(22(24,25)26)12-19(18)28-20(29-21)15-2-5-17(23)6-3-15/h2-7,12,14H,8-11,13H2,1H3,(H,27,28,29). The van der Waals surface area contributed by atoms with Crippen LogP contribution in [0.2, 0.25) is 5.02 Å². The quantitative estimate of drug-likeness (QED) is 0.586. The molecule has 3 aromatic rings. The van der Waals surface area contributed by atoms with E-state index in [0.717, 1.165) is 31.8 Å². The van der Waals surface area contributed by atoms with E-state index in [1.54, 1.807) is 24.3 Å². The average molecular weight is 451 g/mol. The number of hydrogen-bond acceptors (Lipinski definition) is 5. The highest BCUT2D eigenvalue weighted by Gasteiger charge is 2.31. The molecule has 1 unspecified atom stereocenters. The first-order valence-corrected chi connectivity index (χ1v) is 10.4. The van der Waals surface area contributed by atoms with Gasteiger partial charge in [-0.1, -0.05) is 11.6 Å². The maximum Gasteiger partial charge on any atom is 0.416 e. The summed E-state index contributed by atoms with van der Waals surface area (Å²) >= 11 is 5.97. The molecule has 2 heterocycles. The fourth-order valence-corrected chi connectivity index (χ4v) is 3.72. The van der Waals surface area contributed by atoms with Gasteiger partial charge in [-0.15, -0.1) is 0 Å². The van der Waals surface area contributed by atoms with Crippen LogP contribution in [0.15, 0.2) is 42.5 Å². The number of ether oxygens (including phenoxy) is 1. The molecule has 1 saturated heterocycles. The van der Waals surface area contributed by atoms with Crippen LogP contribution in [0.1, 0.15) is 12.5 Å². The van der Waals surface area contributed by atoms with Crippen LogP contribution in [0.5, 0.6) is 0 Å². The molecule has 9 heteroatoms. The first-order valence-electron chi connectivity index (χ1n) is 10.0. The van der Waals surface area contributed by atoms with E-state index in [4.69, 9.17) is 16.3 Å². The molecule has 5 nitrogen and oxygen atoms in total. The molecule has 1 atom stereocenters. The van der Waals surface area contributed by atoms with Gasteiger partial charge in [0, 0.05) is 41.6 Å². The van der Waals surface area contributed by atoms with Crippen molar-refractivity contribution < 1.29 is 17.9 Å². The van der Waals surface area contributed by atoms with Crippen LogP contribution in [-0.4, -0.2) is 53.8 Å². The van der Waals surface area contributed by atoms with Crippen molar-refractivity contribution in [2.24, 2.45) is 0 Å². The fourth-order valence-electron chi connectivity index (χ4n) is 3.59. The minimum atomic E-state index is -4.45. The summed E-state index contributed by atoms with van der Waals surface area (Å²) in [5, 5.41) is 4.47. The van der Waals surface area contributed by atoms with Crippen LogP contribution < -0.4 is 5.32 Å². The summed E-state index contributed by atoms with van der Waals surface area (Å²) in [5.74, 6) is 0.842. The summed E-state index contributed by atoms with van der Waals surface area (Å²) in [6, 6.07) is 10.5. The van der Waals surface area contributed by atoms with Gasteiger partial charge in [0.2, 0.25) is 0 Å². The summed E-state index contributed by atoms with van der Waals surface area (Å²) < 4.78 is 45.2. The lowest BCUT2D eigenvalue weighted by atomic mass is 10.1. The van der Waals surface area contributed by atoms with E-state index in [1.165, 1.54) is 6.07 Å². The maximum absolute atomic E-state index is 13.3. The number of anilines is 1. The number of aromatic nitrogens is 2. The second kappa shape index (κ2) is 8.98. The van der Waals surface area contributed by atoms with E-state index in [2.05, 4.69) is 20.2 Å². The molecular weight excluding hydrogens is 429 g/mol. The van der Waals surface area contributed by atoms with Crippen LogP contribution in [0, 0.1) is 0 Å². The van der Waals surface area contributed by atoms with Gasteiger partial charge in [0.05, 0.1) is 24.3 Å². The molecule has 164 valence electrons. The molecule has 4 rings (SSSR count). The molecule has 2 aromatic carbocycles. The van der Waals surface area contributed by atoms with Gasteiger partial charge in [-0.2, -0.15) is 13.2 Å². The van der Waals surface area contributed by atoms with Crippen LogP contribution >= 0.6 is 11.6 Å². The van der Waals surface area contributed by atoms with Gasteiger partial charge in [-0.3, -0.25) is 4.90 Å². The minimum Gasteiger partial charge on any atom is -0.379 e. The van der Waals surface area contributed by atoms with E-state index in [-0.39, 0.29) is 11.6 Å². The van der Waals surface area contributed by atoms with Gasteiger partial charge < -0.3 is 10.1 Å². The molecule has 0 aliphatic carbocycles. The maximum atomic E-state index is 13.3. The number of nitrogens with one attached hydrogen (secondary N) is 1. The summed E-state index contributed by atoms with van der Waals surface area (Å²) in [4.78, 5) is 11.3. The molecule has 31 heavy (non-hydrogen) atoms. The first kappa shape index (κ1) is 21.8. The molecule has 1 aliphatic heterocycles. The number of morpholine rings is 1. The third-order valence-corrected chi connectivity index (χ3v) is 5.40. The second-order valence-electron chi connectivity index (χ2n) is 7.59. The summed E-state index contributed by atoms with van der Waals surface area (Å²) in [5.41, 5.74) is 0.163. The monoisotopic (exact) mass is 450 g/mol. The molecule has 1 aromatic heterocycles. The Balaban J connectivity index is 1.71. The molecule has 1 N–H and O–H groups in total. The van der Waals surface area contributed by atoms with E-state index in [9.17, 15) is 13.2 Å². The van der Waals surface area contributed by atoms with Crippen LogP contribution in [0.3, 0.4) is 0 Å². The van der Waals surface area contributed by atoms with Crippen LogP contribution in [0.25, 0.3) is 22.3 Å². The van der Waals surface area contributed by atoms with Crippen molar-refractivity contribution in [2.75, 3.05) is 38.2 Å². The zero-order chi connectivity index (χ0) is 22.0. The lowest BCUT2D eigenvalue weighted by Gasteiger charge is -2.29. The fraction of sp³-hybridized carbons (Fsp3) is 0.364. The van der Waals surface area contributed by atoms with E-state index in [0.29, 0.717) is 40.8 Å². The number of hydrogen-bond donors (Lipinski definition) is 1. The number of fused-ring (bicyclic) bond motifs is 1. The third kappa shape index (κ3) is 5.26. The van der Waals surface area contributed by atoms with Gasteiger partial charge in [0.15, 0.2) is 5.82 Å². The summed E-state index contributed by atoms with van der Waals surface area (Å²) in [7, 11) is 0. The number of rotatable bonds is 5. The number of halogens is 4. The Labute approximate surface area is 183 Å². The molecule has 0 spiro atoms. The van der Waals surface area contributed by atoms with E-state index < -0.39 is 11.7 Å². The van der Waals surface area contributed by atoms with Gasteiger partial charge in [-0.25, -0.2) is 9.97 Å². The average Bonchev–Trinajstić information content (AvgIpc) is 2.73. The molecule has 1 fully saturated rings. The first-order chi connectivity index (χ1) is 14.8. The highest BCUT2D eigenvalue weighted by molar-refractivity contribution is 6.30. The lowest BCUT2D eigenvalue weighted by molar-refractivity contribution is -0.137. The van der Waals surface area contributed by atoms with Gasteiger partial charge in [0.1, 0.15) is 5.82 Å². The highest BCUT2D eigenvalue weighted by atomic mass is 35.5. The van der Waals surface area contributed by atoms with E-state index >= 15 is 0 Å². The van der Waals surface area contributed by atoms with Gasteiger partial charge >= 0.3 is 6.18 Å². The molecule has 0 radical (unpaired) electrons. The largest absolute Gasteiger partial charge is 0.416 e. The highest BCUT2D eigenvalue weighted by Crippen LogP contribution is 2.33. The van der Waals surface area contributed by atoms with Crippen molar-refractivity contribution in [2.45, 2.75) is 19.1 Å². The molecule has 0 saturated carbocycles. The smallest absolute Gasteiger partial charge is 0.379 e. The summed E-state index contributed by atoms with van der Waals surface area (Å²) in [6.45, 7) is 5.89. The number of benzene rings is 2. The zero-order valence-corrected chi connectivity index (χ0v) is 17.7. The Morgan fingerprint density at radius 2 is 1.81 bits per heavy atom. The summed E-state index contributed by atoms with van der Waals surface area (Å²) in [6.07, 6.45) is -4.45. The Kier molecular flexibility index (Phi) is 6.31. The predicted octanol–water partition coefficient (Wildman–Crippen LogP) is 5.10. The molecular formula is C22H22ClF3N4O. The van der Waals surface area contributed by atoms with Gasteiger partial charge in [0.25, 0.3) is 0 Å². The van der Waals surface area contributed by atoms with Crippen LogP contribution in [-0.2, 0) is 10.9 Å². The molecule has 0 bridgehead atoms. The zero-order valence-electron chi connectivity index (χ0n) is 16.9. The molecule has 0 amide bonds. The van der Waals surface area contributed by atoms with Crippen molar-refractivity contribution in [3.63, 3.8) is 0 Å². The van der Waals surface area contributed by atoms with Crippen LogP contribution in [0.4, 0.5) is 19.0 Å². The van der Waals surface area contributed by atoms with Crippen molar-refractivity contribution >= 4 is 28.3 Å². The molecule has 1 aliphatic rings. The van der Waals surface area contributed by atoms with Crippen molar-refractivity contribution in [1.82, 2.24) is 14.9 Å². The normalized spacial score (nSPS) is 16.4. The Morgan fingerprint density at radius 1 is 1.10 bits per heavy atom. The number of alkyl halides is 3. The van der Waals surface area contributed by atoms with Crippen molar-refractivity contribution in [3.8, 4) is 11.4 Å². The Morgan fingerprint density at radius 3 is 2.48 bits per heavy atom. The SMILES string of the molecule is CC(CN1CCOCC1)Nc1nc(-c2ccc(Cl)cc2)nc2cc(C(F)(F)F)ccc12. The number of nitrogens with zero attached hydrogens (tertiary/aromatic N) is 3. The topological polar surface area (TPSA) is 50.3 Å². The minimum absolute atomic E-state index is 0.0246. The van der Waals surface area contributed by atoms with E-state index in [1.807, 2.05) is 6.92 Å². The third-order valence-electron chi connectivity index (χ3n) is 5.15. The predicted molar refractivity (Wildman–Crippen MR) is 115 cm³/mol.